The van der Waals surface area contributed by atoms with Crippen molar-refractivity contribution in [2.75, 3.05) is 38.2 Å². The third-order valence-corrected chi connectivity index (χ3v) is 8.34. The van der Waals surface area contributed by atoms with Crippen molar-refractivity contribution in [2.24, 2.45) is 5.92 Å². The Morgan fingerprint density at radius 3 is 2.50 bits per heavy atom. The van der Waals surface area contributed by atoms with Crippen molar-refractivity contribution in [3.63, 3.8) is 0 Å². The van der Waals surface area contributed by atoms with Gasteiger partial charge in [0, 0.05) is 18.3 Å². The highest BCUT2D eigenvalue weighted by Gasteiger charge is 2.54. The molecule has 0 saturated carbocycles. The van der Waals surface area contributed by atoms with E-state index in [9.17, 15) is 9.59 Å². The fourth-order valence-electron chi connectivity index (χ4n) is 5.25. The van der Waals surface area contributed by atoms with Crippen molar-refractivity contribution in [2.45, 2.75) is 50.6 Å². The zero-order valence-electron chi connectivity index (χ0n) is 18.1. The van der Waals surface area contributed by atoms with Gasteiger partial charge in [-0.05, 0) is 74.6 Å². The van der Waals surface area contributed by atoms with Gasteiger partial charge in [0.15, 0.2) is 0 Å². The molecule has 4 rings (SSSR count). The van der Waals surface area contributed by atoms with Gasteiger partial charge >= 0.3 is 6.03 Å². The number of carbonyl (C=O) groups is 2. The summed E-state index contributed by atoms with van der Waals surface area (Å²) in [6, 6.07) is 8.26. The highest BCUT2D eigenvalue weighted by atomic mass is 32.2. The highest BCUT2D eigenvalue weighted by molar-refractivity contribution is 7.99. The van der Waals surface area contributed by atoms with Crippen molar-refractivity contribution >= 4 is 23.7 Å². The van der Waals surface area contributed by atoms with Crippen LogP contribution in [0, 0.1) is 5.92 Å². The lowest BCUT2D eigenvalue weighted by atomic mass is 9.75. The first-order valence-electron chi connectivity index (χ1n) is 11.2. The summed E-state index contributed by atoms with van der Waals surface area (Å²) in [6.07, 6.45) is 4.55. The molecular weight excluding hydrogens is 398 g/mol. The molecule has 0 bridgehead atoms. The van der Waals surface area contributed by atoms with Crippen LogP contribution in [0.1, 0.15) is 38.2 Å². The highest BCUT2D eigenvalue weighted by Crippen LogP contribution is 2.37. The number of amides is 3. The van der Waals surface area contributed by atoms with Gasteiger partial charge in [-0.3, -0.25) is 14.6 Å². The SMILES string of the molecule is CCC1(C2CCN(C3CCSC3)CC2)NC(=O)N(CCc2ccc(OC)cc2)C1=O. The fourth-order valence-corrected chi connectivity index (χ4v) is 6.51. The Hall–Kier alpha value is -1.73. The number of benzene rings is 1. The Balaban J connectivity index is 1.39. The van der Waals surface area contributed by atoms with E-state index in [1.54, 1.807) is 7.11 Å². The molecule has 0 spiro atoms. The molecule has 3 amide bonds. The Morgan fingerprint density at radius 2 is 1.90 bits per heavy atom. The molecule has 3 heterocycles. The van der Waals surface area contributed by atoms with Gasteiger partial charge in [0.2, 0.25) is 0 Å². The number of hydrogen-bond acceptors (Lipinski definition) is 5. The predicted octanol–water partition coefficient (Wildman–Crippen LogP) is 3.16. The van der Waals surface area contributed by atoms with Crippen LogP contribution in [0.25, 0.3) is 0 Å². The Morgan fingerprint density at radius 1 is 1.17 bits per heavy atom. The van der Waals surface area contributed by atoms with Gasteiger partial charge in [0.1, 0.15) is 11.3 Å². The first kappa shape index (κ1) is 21.5. The Kier molecular flexibility index (Phi) is 6.58. The summed E-state index contributed by atoms with van der Waals surface area (Å²) >= 11 is 2.05. The van der Waals surface area contributed by atoms with E-state index in [1.165, 1.54) is 22.8 Å². The topological polar surface area (TPSA) is 61.9 Å². The van der Waals surface area contributed by atoms with Crippen LogP contribution in [0.4, 0.5) is 4.79 Å². The Labute approximate surface area is 183 Å². The minimum Gasteiger partial charge on any atom is -0.497 e. The third kappa shape index (κ3) is 4.06. The van der Waals surface area contributed by atoms with Crippen LogP contribution in [0.15, 0.2) is 24.3 Å². The number of methoxy groups -OCH3 is 1. The number of nitrogens with one attached hydrogen (secondary N) is 1. The van der Waals surface area contributed by atoms with Crippen molar-refractivity contribution in [3.05, 3.63) is 29.8 Å². The third-order valence-electron chi connectivity index (χ3n) is 7.19. The molecule has 1 aromatic rings. The van der Waals surface area contributed by atoms with Gasteiger partial charge in [-0.15, -0.1) is 0 Å². The van der Waals surface area contributed by atoms with E-state index in [2.05, 4.69) is 10.2 Å². The molecule has 3 saturated heterocycles. The van der Waals surface area contributed by atoms with Crippen LogP contribution < -0.4 is 10.1 Å². The minimum absolute atomic E-state index is 0.0293. The van der Waals surface area contributed by atoms with Crippen LogP contribution in [0.2, 0.25) is 0 Å². The number of urea groups is 1. The summed E-state index contributed by atoms with van der Waals surface area (Å²) in [5, 5.41) is 3.12. The largest absolute Gasteiger partial charge is 0.497 e. The number of nitrogens with zero attached hydrogens (tertiary/aromatic N) is 2. The number of thioether (sulfide) groups is 1. The van der Waals surface area contributed by atoms with Gasteiger partial charge in [-0.2, -0.15) is 11.8 Å². The lowest BCUT2D eigenvalue weighted by Gasteiger charge is -2.42. The average molecular weight is 432 g/mol. The summed E-state index contributed by atoms with van der Waals surface area (Å²) in [5.74, 6) is 3.49. The maximum absolute atomic E-state index is 13.4. The Bertz CT molecular complexity index is 757. The van der Waals surface area contributed by atoms with E-state index in [4.69, 9.17) is 4.74 Å². The smallest absolute Gasteiger partial charge is 0.325 e. The lowest BCUT2D eigenvalue weighted by Crippen LogP contribution is -2.56. The van der Waals surface area contributed by atoms with Crippen LogP contribution in [-0.2, 0) is 11.2 Å². The van der Waals surface area contributed by atoms with Crippen molar-refractivity contribution in [1.82, 2.24) is 15.1 Å². The summed E-state index contributed by atoms with van der Waals surface area (Å²) in [5.41, 5.74) is 0.362. The van der Waals surface area contributed by atoms with Gasteiger partial charge in [-0.25, -0.2) is 4.79 Å². The number of rotatable bonds is 7. The number of imide groups is 1. The maximum Gasteiger partial charge on any atom is 0.325 e. The van der Waals surface area contributed by atoms with Gasteiger partial charge in [0.05, 0.1) is 7.11 Å². The monoisotopic (exact) mass is 431 g/mol. The van der Waals surface area contributed by atoms with Crippen molar-refractivity contribution in [1.29, 1.82) is 0 Å². The van der Waals surface area contributed by atoms with E-state index in [0.29, 0.717) is 25.4 Å². The molecule has 6 nitrogen and oxygen atoms in total. The van der Waals surface area contributed by atoms with Crippen molar-refractivity contribution in [3.8, 4) is 5.75 Å². The quantitative estimate of drug-likeness (QED) is 0.672. The summed E-state index contributed by atoms with van der Waals surface area (Å²) in [6.45, 7) is 4.52. The maximum atomic E-state index is 13.4. The van der Waals surface area contributed by atoms with Crippen LogP contribution in [0.3, 0.4) is 0 Å². The summed E-state index contributed by atoms with van der Waals surface area (Å²) in [4.78, 5) is 30.2. The average Bonchev–Trinajstić information content (AvgIpc) is 3.40. The molecule has 2 unspecified atom stereocenters. The predicted molar refractivity (Wildman–Crippen MR) is 120 cm³/mol. The van der Waals surface area contributed by atoms with Crippen LogP contribution in [-0.4, -0.2) is 71.6 Å². The van der Waals surface area contributed by atoms with Gasteiger partial charge < -0.3 is 10.1 Å². The van der Waals surface area contributed by atoms with Gasteiger partial charge in [-0.1, -0.05) is 19.1 Å². The number of likely N-dealkylation sites (tertiary alicyclic amines) is 1. The number of carbonyl (C=O) groups excluding carboxylic acids is 2. The summed E-state index contributed by atoms with van der Waals surface area (Å²) in [7, 11) is 1.64. The van der Waals surface area contributed by atoms with E-state index >= 15 is 0 Å². The molecule has 2 atom stereocenters. The second-order valence-electron chi connectivity index (χ2n) is 8.64. The first-order chi connectivity index (χ1) is 14.6. The van der Waals surface area contributed by atoms with Crippen LogP contribution in [0.5, 0.6) is 5.75 Å². The molecule has 30 heavy (non-hydrogen) atoms. The molecule has 7 heteroatoms. The van der Waals surface area contributed by atoms with E-state index in [-0.39, 0.29) is 17.9 Å². The number of ether oxygens (including phenoxy) is 1. The zero-order chi connectivity index (χ0) is 21.1. The molecule has 164 valence electrons. The fraction of sp³-hybridized carbons (Fsp3) is 0.652. The standard InChI is InChI=1S/C23H33N3O3S/c1-3-23(18-9-12-25(13-10-18)19-11-15-30-16-19)21(27)26(22(28)24-23)14-8-17-4-6-20(29-2)7-5-17/h4-7,18-19H,3,8-16H2,1-2H3,(H,24,28). The van der Waals surface area contributed by atoms with E-state index in [0.717, 1.165) is 37.2 Å². The molecular formula is C23H33N3O3S. The molecule has 1 N–H and O–H groups in total. The minimum atomic E-state index is -0.729. The second-order valence-corrected chi connectivity index (χ2v) is 9.79. The molecule has 3 fully saturated rings. The number of piperidine rings is 1. The van der Waals surface area contributed by atoms with Crippen LogP contribution >= 0.6 is 11.8 Å². The van der Waals surface area contributed by atoms with Gasteiger partial charge in [0.25, 0.3) is 5.91 Å². The lowest BCUT2D eigenvalue weighted by molar-refractivity contribution is -0.134. The second kappa shape index (κ2) is 9.18. The normalized spacial score (nSPS) is 28.2. The molecule has 0 aliphatic carbocycles. The zero-order valence-corrected chi connectivity index (χ0v) is 18.9. The summed E-state index contributed by atoms with van der Waals surface area (Å²) < 4.78 is 5.20. The molecule has 3 aliphatic heterocycles. The molecule has 0 radical (unpaired) electrons. The number of hydrogen-bond donors (Lipinski definition) is 1. The first-order valence-corrected chi connectivity index (χ1v) is 12.3. The van der Waals surface area contributed by atoms with Crippen molar-refractivity contribution < 1.29 is 14.3 Å². The molecule has 0 aromatic heterocycles. The molecule has 3 aliphatic rings. The van der Waals surface area contributed by atoms with E-state index < -0.39 is 5.54 Å². The van der Waals surface area contributed by atoms with E-state index in [1.807, 2.05) is 43.0 Å². The molecule has 1 aromatic carbocycles.